The van der Waals surface area contributed by atoms with Crippen LogP contribution in [0.5, 0.6) is 0 Å². The molecule has 26 heavy (non-hydrogen) atoms. The first-order chi connectivity index (χ1) is 10.2. The van der Waals surface area contributed by atoms with Gasteiger partial charge in [-0.1, -0.05) is 69.2 Å². The van der Waals surface area contributed by atoms with Crippen LogP contribution in [0.4, 0.5) is 0 Å². The Morgan fingerprint density at radius 3 is 1.15 bits per heavy atom. The van der Waals surface area contributed by atoms with Gasteiger partial charge in [0.2, 0.25) is 0 Å². The van der Waals surface area contributed by atoms with E-state index in [1.807, 2.05) is 13.8 Å². The predicted octanol–water partition coefficient (Wildman–Crippen LogP) is 5.16. The second kappa shape index (κ2) is 17.8. The second-order valence-electron chi connectivity index (χ2n) is 7.05. The summed E-state index contributed by atoms with van der Waals surface area (Å²) in [7, 11) is 0. The van der Waals surface area contributed by atoms with Crippen molar-refractivity contribution in [3.05, 3.63) is 0 Å². The normalized spacial score (nSPS) is 14.4. The van der Waals surface area contributed by atoms with Crippen molar-refractivity contribution in [1.82, 2.24) is 0 Å². The Balaban J connectivity index is -0.000000367. The third-order valence-electron chi connectivity index (χ3n) is 3.21. The summed E-state index contributed by atoms with van der Waals surface area (Å²) in [4.78, 5) is 0. The van der Waals surface area contributed by atoms with Gasteiger partial charge in [-0.2, -0.15) is 0 Å². The van der Waals surface area contributed by atoms with E-state index in [2.05, 4.69) is 39.5 Å². The number of rotatable bonds is 10. The van der Waals surface area contributed by atoms with Crippen LogP contribution < -0.4 is 0 Å². The van der Waals surface area contributed by atoms with Gasteiger partial charge in [-0.25, -0.2) is 0 Å². The fourth-order valence-corrected chi connectivity index (χ4v) is 2.66. The molecule has 0 saturated carbocycles. The van der Waals surface area contributed by atoms with Gasteiger partial charge < -0.3 is 19.7 Å². The van der Waals surface area contributed by atoms with Crippen LogP contribution in [0.2, 0.25) is 0 Å². The van der Waals surface area contributed by atoms with E-state index in [-0.39, 0.29) is 56.1 Å². The molecule has 0 aliphatic carbocycles. The topological polar surface area (TPSA) is 58.9 Å². The maximum Gasteiger partial charge on any atom is 0.126 e. The molecule has 0 spiro atoms. The van der Waals surface area contributed by atoms with Crippen LogP contribution in [0.3, 0.4) is 0 Å². The van der Waals surface area contributed by atoms with Gasteiger partial charge in [-0.15, -0.1) is 0 Å². The van der Waals surface area contributed by atoms with Crippen molar-refractivity contribution >= 4 is 0 Å². The lowest BCUT2D eigenvalue weighted by atomic mass is 9.90. The molecule has 0 aliphatic rings. The molecule has 0 saturated heterocycles. The number of aliphatic hydroxyl groups excluding tert-OH is 2. The molecule has 0 fully saturated rings. The van der Waals surface area contributed by atoms with Gasteiger partial charge in [-0.05, 0) is 38.5 Å². The zero-order valence-corrected chi connectivity index (χ0v) is 15.1. The van der Waals surface area contributed by atoms with Crippen LogP contribution in [0.25, 0.3) is 0 Å². The first-order valence-electron chi connectivity index (χ1n) is 8.20. The average molecular weight is 379 g/mol. The second-order valence-corrected chi connectivity index (χ2v) is 7.05. The van der Waals surface area contributed by atoms with Crippen molar-refractivity contribution in [2.75, 3.05) is 26.4 Å². The number of ether oxygens (including phenoxy) is 2. The van der Waals surface area contributed by atoms with E-state index in [9.17, 15) is 0 Å². The smallest absolute Gasteiger partial charge is 0.126 e. The Kier molecular flexibility index (Phi) is 24.9. The summed E-state index contributed by atoms with van der Waals surface area (Å²) in [5.74, 6) is 7.33. The van der Waals surface area contributed by atoms with Crippen LogP contribution in [0.1, 0.15) is 84.1 Å². The summed E-state index contributed by atoms with van der Waals surface area (Å²) in [5.41, 5.74) is -1.20. The third kappa shape index (κ3) is 16.8. The van der Waals surface area contributed by atoms with Gasteiger partial charge in [0.15, 0.2) is 0 Å². The SMILES string of the molecule is C.C.C.C.CC(C)CC(C)(C#CC(C)(CC(C)C)OCCO)OCCO. The quantitative estimate of drug-likeness (QED) is 0.515. The van der Waals surface area contributed by atoms with Crippen LogP contribution in [-0.2, 0) is 9.47 Å². The fourth-order valence-electron chi connectivity index (χ4n) is 2.66. The summed E-state index contributed by atoms with van der Waals surface area (Å²) in [6.45, 7) is 12.9. The molecule has 4 nitrogen and oxygen atoms in total. The first kappa shape index (κ1) is 36.3. The first-order valence-corrected chi connectivity index (χ1v) is 8.20. The summed E-state index contributed by atoms with van der Waals surface area (Å²) in [5, 5.41) is 18.0. The zero-order valence-electron chi connectivity index (χ0n) is 15.1. The molecule has 0 aromatic carbocycles. The van der Waals surface area contributed by atoms with Gasteiger partial charge in [0.25, 0.3) is 0 Å². The van der Waals surface area contributed by atoms with E-state index in [0.717, 1.165) is 12.8 Å². The van der Waals surface area contributed by atoms with Crippen molar-refractivity contribution in [2.45, 2.75) is 95.3 Å². The third-order valence-corrected chi connectivity index (χ3v) is 3.21. The van der Waals surface area contributed by atoms with E-state index in [1.54, 1.807) is 0 Å². The van der Waals surface area contributed by atoms with Crippen molar-refractivity contribution < 1.29 is 19.7 Å². The molecule has 0 heterocycles. The Morgan fingerprint density at radius 1 is 0.692 bits per heavy atom. The average Bonchev–Trinajstić information content (AvgIpc) is 2.40. The molecule has 4 heteroatoms. The van der Waals surface area contributed by atoms with Crippen LogP contribution in [0, 0.1) is 23.7 Å². The van der Waals surface area contributed by atoms with E-state index in [1.165, 1.54) is 0 Å². The predicted molar refractivity (Wildman–Crippen MR) is 116 cm³/mol. The molecule has 0 bridgehead atoms. The highest BCUT2D eigenvalue weighted by molar-refractivity contribution is 5.20. The van der Waals surface area contributed by atoms with Gasteiger partial charge >= 0.3 is 0 Å². The lowest BCUT2D eigenvalue weighted by molar-refractivity contribution is -0.0255. The van der Waals surface area contributed by atoms with Crippen molar-refractivity contribution in [1.29, 1.82) is 0 Å². The highest BCUT2D eigenvalue weighted by Crippen LogP contribution is 2.24. The van der Waals surface area contributed by atoms with Gasteiger partial charge in [0, 0.05) is 0 Å². The lowest BCUT2D eigenvalue weighted by Crippen LogP contribution is -2.34. The van der Waals surface area contributed by atoms with Gasteiger partial charge in [0.1, 0.15) is 11.2 Å². The van der Waals surface area contributed by atoms with E-state index < -0.39 is 11.2 Å². The standard InChI is InChI=1S/C18H34O4.4CH4/c1-15(2)13-17(5,21-11-9-19)7-8-18(6,14-16(3)4)22-12-10-20;;;;/h15-16,19-20H,9-14H2,1-6H3;4*1H4. The van der Waals surface area contributed by atoms with Crippen LogP contribution >= 0.6 is 0 Å². The van der Waals surface area contributed by atoms with Crippen molar-refractivity contribution in [3.63, 3.8) is 0 Å². The summed E-state index contributed by atoms with van der Waals surface area (Å²) >= 11 is 0. The van der Waals surface area contributed by atoms with E-state index >= 15 is 0 Å². The maximum absolute atomic E-state index is 9.00. The van der Waals surface area contributed by atoms with E-state index in [4.69, 9.17) is 19.7 Å². The molecular weight excluding hydrogens is 328 g/mol. The Labute approximate surface area is 165 Å². The molecule has 0 radical (unpaired) electrons. The molecule has 2 N–H and O–H groups in total. The summed E-state index contributed by atoms with van der Waals surface area (Å²) in [6, 6.07) is 0. The maximum atomic E-state index is 9.00. The Bertz CT molecular complexity index is 325. The minimum Gasteiger partial charge on any atom is -0.394 e. The highest BCUT2D eigenvalue weighted by atomic mass is 16.5. The lowest BCUT2D eigenvalue weighted by Gasteiger charge is -2.29. The van der Waals surface area contributed by atoms with Crippen LogP contribution in [0.15, 0.2) is 0 Å². The van der Waals surface area contributed by atoms with Gasteiger partial charge in [-0.3, -0.25) is 0 Å². The van der Waals surface area contributed by atoms with Gasteiger partial charge in [0.05, 0.1) is 26.4 Å². The molecule has 0 aromatic heterocycles. The molecule has 0 rings (SSSR count). The van der Waals surface area contributed by atoms with Crippen molar-refractivity contribution in [2.24, 2.45) is 11.8 Å². The molecule has 0 amide bonds. The minimum absolute atomic E-state index is 0. The number of hydrogen-bond acceptors (Lipinski definition) is 4. The minimum atomic E-state index is -0.599. The molecule has 0 aromatic rings. The number of hydrogen-bond donors (Lipinski definition) is 2. The molecule has 2 atom stereocenters. The molecule has 0 aliphatic heterocycles. The highest BCUT2D eigenvalue weighted by Gasteiger charge is 2.28. The van der Waals surface area contributed by atoms with Crippen LogP contribution in [-0.4, -0.2) is 47.8 Å². The number of aliphatic hydroxyl groups is 2. The monoisotopic (exact) mass is 378 g/mol. The molecule has 162 valence electrons. The zero-order chi connectivity index (χ0) is 17.2. The summed E-state index contributed by atoms with van der Waals surface area (Å²) in [6.07, 6.45) is 1.58. The Hall–Kier alpha value is -0.600. The van der Waals surface area contributed by atoms with Crippen molar-refractivity contribution in [3.8, 4) is 11.8 Å². The largest absolute Gasteiger partial charge is 0.394 e. The molecule has 2 unspecified atom stereocenters. The van der Waals surface area contributed by atoms with E-state index in [0.29, 0.717) is 11.8 Å². The Morgan fingerprint density at radius 2 is 0.962 bits per heavy atom. The molecular formula is C22H50O4. The fraction of sp³-hybridized carbons (Fsp3) is 0.909. The summed E-state index contributed by atoms with van der Waals surface area (Å²) < 4.78 is 11.5.